The molecular weight excluding hydrogens is 532 g/mol. The molecule has 0 aliphatic rings. The van der Waals surface area contributed by atoms with Crippen molar-refractivity contribution >= 4 is 58.5 Å². The van der Waals surface area contributed by atoms with E-state index >= 15 is 0 Å². The summed E-state index contributed by atoms with van der Waals surface area (Å²) < 4.78 is 0. The van der Waals surface area contributed by atoms with Crippen molar-refractivity contribution in [1.82, 2.24) is 10.3 Å². The van der Waals surface area contributed by atoms with Gasteiger partial charge in [-0.05, 0) is 78.7 Å². The van der Waals surface area contributed by atoms with Gasteiger partial charge in [-0.25, -0.2) is 0 Å². The molecule has 0 bridgehead atoms. The molecular formula is C30H25ClN4O3S. The number of pyridine rings is 1. The number of carbonyl (C=O) groups excluding carboxylic acids is 3. The second kappa shape index (κ2) is 13.4. The minimum absolute atomic E-state index is 0.0724. The summed E-state index contributed by atoms with van der Waals surface area (Å²) in [5.41, 5.74) is 3.28. The fourth-order valence-corrected chi connectivity index (χ4v) is 4.30. The van der Waals surface area contributed by atoms with Gasteiger partial charge in [0.05, 0.1) is 5.75 Å². The summed E-state index contributed by atoms with van der Waals surface area (Å²) in [7, 11) is 0. The van der Waals surface area contributed by atoms with Crippen LogP contribution in [0.4, 0.5) is 11.4 Å². The van der Waals surface area contributed by atoms with Crippen molar-refractivity contribution in [1.29, 1.82) is 0 Å². The maximum absolute atomic E-state index is 13.1. The molecule has 1 aromatic heterocycles. The third kappa shape index (κ3) is 8.29. The molecule has 0 unspecified atom stereocenters. The Morgan fingerprint density at radius 1 is 0.897 bits per heavy atom. The number of halogens is 1. The highest BCUT2D eigenvalue weighted by atomic mass is 35.5. The average molecular weight is 557 g/mol. The first kappa shape index (κ1) is 27.6. The summed E-state index contributed by atoms with van der Waals surface area (Å²) in [5, 5.41) is 8.93. The van der Waals surface area contributed by atoms with Crippen molar-refractivity contribution in [2.45, 2.75) is 11.8 Å². The van der Waals surface area contributed by atoms with Crippen LogP contribution in [0.2, 0.25) is 5.02 Å². The van der Waals surface area contributed by atoms with Gasteiger partial charge in [-0.3, -0.25) is 19.4 Å². The smallest absolute Gasteiger partial charge is 0.272 e. The molecule has 39 heavy (non-hydrogen) atoms. The largest absolute Gasteiger partial charge is 0.325 e. The molecule has 0 aliphatic heterocycles. The van der Waals surface area contributed by atoms with E-state index in [1.165, 1.54) is 11.8 Å². The zero-order valence-corrected chi connectivity index (χ0v) is 22.6. The molecule has 3 N–H and O–H groups in total. The number of aryl methyl sites for hydroxylation is 1. The second-order valence-electron chi connectivity index (χ2n) is 8.44. The predicted molar refractivity (Wildman–Crippen MR) is 157 cm³/mol. The molecule has 0 atom stereocenters. The maximum Gasteiger partial charge on any atom is 0.272 e. The Balaban J connectivity index is 1.38. The summed E-state index contributed by atoms with van der Waals surface area (Å²) in [5.74, 6) is -0.837. The summed E-state index contributed by atoms with van der Waals surface area (Å²) in [4.78, 5) is 43.1. The van der Waals surface area contributed by atoms with Crippen LogP contribution in [0.25, 0.3) is 6.08 Å². The van der Waals surface area contributed by atoms with Crippen molar-refractivity contribution in [2.24, 2.45) is 0 Å². The molecule has 0 saturated heterocycles. The monoisotopic (exact) mass is 556 g/mol. The molecule has 9 heteroatoms. The molecule has 4 aromatic rings. The molecule has 3 amide bonds. The number of hydrogen-bond acceptors (Lipinski definition) is 5. The van der Waals surface area contributed by atoms with E-state index < -0.39 is 11.8 Å². The van der Waals surface area contributed by atoms with Crippen LogP contribution in [-0.2, 0) is 9.59 Å². The number of amides is 3. The Bertz CT molecular complexity index is 1490. The minimum atomic E-state index is -0.486. The molecule has 0 fully saturated rings. The van der Waals surface area contributed by atoms with Crippen molar-refractivity contribution in [3.8, 4) is 0 Å². The van der Waals surface area contributed by atoms with Crippen LogP contribution in [0.5, 0.6) is 0 Å². The standard InChI is InChI=1S/C30H25ClN4O3S/c1-20-9-10-24(17-26(20)31)33-28(36)19-39-25-13-11-23(12-14-25)34-30(38)27(16-21-6-5-15-32-18-21)35-29(37)22-7-3-2-4-8-22/h2-18H,19H2,1H3,(H,33,36)(H,34,38)(H,35,37)/b27-16-. The van der Waals surface area contributed by atoms with E-state index in [1.807, 2.05) is 31.2 Å². The van der Waals surface area contributed by atoms with Gasteiger partial charge < -0.3 is 16.0 Å². The highest BCUT2D eigenvalue weighted by Crippen LogP contribution is 2.23. The van der Waals surface area contributed by atoms with E-state index in [1.54, 1.807) is 79.1 Å². The van der Waals surface area contributed by atoms with Gasteiger partial charge in [-0.1, -0.05) is 41.9 Å². The molecule has 0 aliphatic carbocycles. The molecule has 0 spiro atoms. The van der Waals surface area contributed by atoms with Crippen molar-refractivity contribution in [3.05, 3.63) is 125 Å². The fourth-order valence-electron chi connectivity index (χ4n) is 3.42. The van der Waals surface area contributed by atoms with Crippen molar-refractivity contribution < 1.29 is 14.4 Å². The number of anilines is 2. The summed E-state index contributed by atoms with van der Waals surface area (Å²) in [6.07, 6.45) is 4.78. The van der Waals surface area contributed by atoms with E-state index in [2.05, 4.69) is 20.9 Å². The molecule has 3 aromatic carbocycles. The highest BCUT2D eigenvalue weighted by molar-refractivity contribution is 8.00. The van der Waals surface area contributed by atoms with Gasteiger partial charge in [0.1, 0.15) is 5.70 Å². The number of thioether (sulfide) groups is 1. The number of aromatic nitrogens is 1. The van der Waals surface area contributed by atoms with Crippen molar-refractivity contribution in [2.75, 3.05) is 16.4 Å². The lowest BCUT2D eigenvalue weighted by Gasteiger charge is -2.12. The van der Waals surface area contributed by atoms with Gasteiger partial charge in [-0.15, -0.1) is 11.8 Å². The second-order valence-corrected chi connectivity index (χ2v) is 9.90. The first-order valence-electron chi connectivity index (χ1n) is 12.0. The normalized spacial score (nSPS) is 11.0. The summed E-state index contributed by atoms with van der Waals surface area (Å²) in [6.45, 7) is 1.90. The number of carbonyl (C=O) groups is 3. The summed E-state index contributed by atoms with van der Waals surface area (Å²) in [6, 6.07) is 24.6. The quantitative estimate of drug-likeness (QED) is 0.169. The lowest BCUT2D eigenvalue weighted by atomic mass is 10.2. The van der Waals surface area contributed by atoms with Crippen LogP contribution in [0, 0.1) is 6.92 Å². The number of benzene rings is 3. The topological polar surface area (TPSA) is 100 Å². The average Bonchev–Trinajstić information content (AvgIpc) is 2.95. The van der Waals surface area contributed by atoms with Gasteiger partial charge in [0.15, 0.2) is 0 Å². The first-order chi connectivity index (χ1) is 18.9. The van der Waals surface area contributed by atoms with Crippen molar-refractivity contribution in [3.63, 3.8) is 0 Å². The zero-order chi connectivity index (χ0) is 27.6. The van der Waals surface area contributed by atoms with Crippen LogP contribution in [-0.4, -0.2) is 28.5 Å². The fraction of sp³-hybridized carbons (Fsp3) is 0.0667. The Hall–Kier alpha value is -4.40. The Kier molecular flexibility index (Phi) is 9.50. The maximum atomic E-state index is 13.1. The molecule has 1 heterocycles. The number of rotatable bonds is 9. The molecule has 0 radical (unpaired) electrons. The number of nitrogens with zero attached hydrogens (tertiary/aromatic N) is 1. The van der Waals surface area contributed by atoms with E-state index in [-0.39, 0.29) is 17.4 Å². The predicted octanol–water partition coefficient (Wildman–Crippen LogP) is 6.18. The van der Waals surface area contributed by atoms with Gasteiger partial charge in [-0.2, -0.15) is 0 Å². The third-order valence-electron chi connectivity index (χ3n) is 5.46. The highest BCUT2D eigenvalue weighted by Gasteiger charge is 2.15. The zero-order valence-electron chi connectivity index (χ0n) is 21.0. The van der Waals surface area contributed by atoms with Gasteiger partial charge in [0.2, 0.25) is 5.91 Å². The number of hydrogen-bond donors (Lipinski definition) is 3. The van der Waals surface area contributed by atoms with Crippen LogP contribution >= 0.6 is 23.4 Å². The van der Waals surface area contributed by atoms with Crippen LogP contribution < -0.4 is 16.0 Å². The Morgan fingerprint density at radius 3 is 2.33 bits per heavy atom. The third-order valence-corrected chi connectivity index (χ3v) is 6.88. The van der Waals surface area contributed by atoms with E-state index in [0.29, 0.717) is 27.5 Å². The van der Waals surface area contributed by atoms with Crippen LogP contribution in [0.1, 0.15) is 21.5 Å². The van der Waals surface area contributed by atoms with Gasteiger partial charge >= 0.3 is 0 Å². The summed E-state index contributed by atoms with van der Waals surface area (Å²) >= 11 is 7.48. The minimum Gasteiger partial charge on any atom is -0.325 e. The van der Waals surface area contributed by atoms with Gasteiger partial charge in [0.25, 0.3) is 11.8 Å². The molecule has 0 saturated carbocycles. The van der Waals surface area contributed by atoms with E-state index in [9.17, 15) is 14.4 Å². The van der Waals surface area contributed by atoms with Gasteiger partial charge in [0, 0.05) is 39.3 Å². The number of nitrogens with one attached hydrogen (secondary N) is 3. The molecule has 7 nitrogen and oxygen atoms in total. The lowest BCUT2D eigenvalue weighted by molar-refractivity contribution is -0.114. The Labute approximate surface area is 235 Å². The first-order valence-corrected chi connectivity index (χ1v) is 13.3. The molecule has 4 rings (SSSR count). The molecule has 196 valence electrons. The van der Waals surface area contributed by atoms with Crippen LogP contribution in [0.15, 0.2) is 108 Å². The SMILES string of the molecule is Cc1ccc(NC(=O)CSc2ccc(NC(=O)/C(=C/c3cccnc3)NC(=O)c3ccccc3)cc2)cc1Cl. The Morgan fingerprint density at radius 2 is 1.64 bits per heavy atom. The van der Waals surface area contributed by atoms with Crippen LogP contribution in [0.3, 0.4) is 0 Å². The van der Waals surface area contributed by atoms with E-state index in [0.717, 1.165) is 10.5 Å². The van der Waals surface area contributed by atoms with E-state index in [4.69, 9.17) is 11.6 Å². The lowest BCUT2D eigenvalue weighted by Crippen LogP contribution is -2.30.